The first-order chi connectivity index (χ1) is 12.5. The molecule has 2 aromatic rings. The minimum Gasteiger partial charge on any atom is -0.507 e. The van der Waals surface area contributed by atoms with Crippen LogP contribution < -0.4 is 5.32 Å². The molecule has 1 aliphatic rings. The van der Waals surface area contributed by atoms with Crippen LogP contribution in [-0.4, -0.2) is 23.1 Å². The molecule has 0 unspecified atom stereocenters. The Bertz CT molecular complexity index is 836. The van der Waals surface area contributed by atoms with Crippen molar-refractivity contribution in [3.05, 3.63) is 64.2 Å². The van der Waals surface area contributed by atoms with Gasteiger partial charge in [0.15, 0.2) is 6.10 Å². The van der Waals surface area contributed by atoms with E-state index in [2.05, 4.69) is 11.4 Å². The highest BCUT2D eigenvalue weighted by molar-refractivity contribution is 6.31. The van der Waals surface area contributed by atoms with Crippen LogP contribution in [0.2, 0.25) is 5.02 Å². The number of hydrogen-bond acceptors (Lipinski definition) is 4. The molecule has 5 nitrogen and oxygen atoms in total. The van der Waals surface area contributed by atoms with E-state index >= 15 is 0 Å². The van der Waals surface area contributed by atoms with Crippen LogP contribution in [0, 0.1) is 0 Å². The number of phenols is 1. The van der Waals surface area contributed by atoms with Crippen molar-refractivity contribution in [3.63, 3.8) is 0 Å². The Morgan fingerprint density at radius 2 is 2.04 bits per heavy atom. The summed E-state index contributed by atoms with van der Waals surface area (Å²) in [4.78, 5) is 24.7. The minimum atomic E-state index is -0.991. The number of rotatable bonds is 4. The van der Waals surface area contributed by atoms with Gasteiger partial charge in [0.1, 0.15) is 11.3 Å². The van der Waals surface area contributed by atoms with Gasteiger partial charge in [0, 0.05) is 5.02 Å². The number of ether oxygens (including phenoxy) is 1. The summed E-state index contributed by atoms with van der Waals surface area (Å²) in [6, 6.07) is 12.0. The second kappa shape index (κ2) is 7.79. The van der Waals surface area contributed by atoms with Gasteiger partial charge in [-0.15, -0.1) is 0 Å². The molecule has 1 amide bonds. The van der Waals surface area contributed by atoms with Crippen LogP contribution in [0.1, 0.15) is 47.3 Å². The van der Waals surface area contributed by atoms with Crippen LogP contribution in [0.15, 0.2) is 42.5 Å². The topological polar surface area (TPSA) is 75.6 Å². The van der Waals surface area contributed by atoms with Crippen LogP contribution in [0.4, 0.5) is 0 Å². The van der Waals surface area contributed by atoms with Gasteiger partial charge in [-0.2, -0.15) is 0 Å². The average Bonchev–Trinajstić information content (AvgIpc) is 2.63. The zero-order chi connectivity index (χ0) is 18.7. The van der Waals surface area contributed by atoms with Crippen LogP contribution >= 0.6 is 11.6 Å². The molecule has 0 bridgehead atoms. The van der Waals surface area contributed by atoms with Gasteiger partial charge in [0.05, 0.1) is 6.04 Å². The van der Waals surface area contributed by atoms with Gasteiger partial charge in [-0.1, -0.05) is 35.9 Å². The standard InChI is InChI=1S/C20H20ClNO4/c1-12(26-20(25)16-11-14(21)9-10-18(16)23)19(24)22-17-8-4-6-13-5-2-3-7-15(13)17/h2-3,5,7,9-12,17,23H,4,6,8H2,1H3,(H,22,24)/t12-,17-/m1/s1. The SMILES string of the molecule is C[C@@H](OC(=O)c1cc(Cl)ccc1O)C(=O)N[C@@H]1CCCc2ccccc21. The Morgan fingerprint density at radius 1 is 1.27 bits per heavy atom. The molecule has 6 heteroatoms. The molecule has 136 valence electrons. The predicted octanol–water partition coefficient (Wildman–Crippen LogP) is 3.78. The van der Waals surface area contributed by atoms with Crippen molar-refractivity contribution in [3.8, 4) is 5.75 Å². The van der Waals surface area contributed by atoms with E-state index < -0.39 is 12.1 Å². The maximum atomic E-state index is 12.5. The number of aryl methyl sites for hydroxylation is 1. The van der Waals surface area contributed by atoms with E-state index in [4.69, 9.17) is 16.3 Å². The van der Waals surface area contributed by atoms with E-state index in [-0.39, 0.29) is 23.3 Å². The molecule has 0 heterocycles. The number of phenolic OH excluding ortho intramolecular Hbond substituents is 1. The van der Waals surface area contributed by atoms with Gasteiger partial charge in [-0.25, -0.2) is 4.79 Å². The quantitative estimate of drug-likeness (QED) is 0.799. The largest absolute Gasteiger partial charge is 0.507 e. The smallest absolute Gasteiger partial charge is 0.342 e. The van der Waals surface area contributed by atoms with Crippen molar-refractivity contribution < 1.29 is 19.4 Å². The van der Waals surface area contributed by atoms with E-state index in [9.17, 15) is 14.7 Å². The summed E-state index contributed by atoms with van der Waals surface area (Å²) in [7, 11) is 0. The number of esters is 1. The summed E-state index contributed by atoms with van der Waals surface area (Å²) in [6.45, 7) is 1.50. The number of aromatic hydroxyl groups is 1. The van der Waals surface area contributed by atoms with Gasteiger partial charge in [0.2, 0.25) is 0 Å². The summed E-state index contributed by atoms with van der Waals surface area (Å²) in [5, 5.41) is 13.0. The van der Waals surface area contributed by atoms with E-state index in [1.807, 2.05) is 18.2 Å². The van der Waals surface area contributed by atoms with Gasteiger partial charge in [-0.05, 0) is 55.5 Å². The molecule has 3 rings (SSSR count). The van der Waals surface area contributed by atoms with Crippen LogP contribution in [0.25, 0.3) is 0 Å². The number of nitrogens with one attached hydrogen (secondary N) is 1. The molecule has 0 fully saturated rings. The van der Waals surface area contributed by atoms with Crippen molar-refractivity contribution in [1.29, 1.82) is 0 Å². The van der Waals surface area contributed by atoms with Crippen molar-refractivity contribution in [2.24, 2.45) is 0 Å². The second-order valence-corrected chi connectivity index (χ2v) is 6.80. The van der Waals surface area contributed by atoms with Crippen LogP contribution in [0.3, 0.4) is 0 Å². The molecule has 0 saturated heterocycles. The number of carbonyl (C=O) groups is 2. The van der Waals surface area contributed by atoms with Crippen molar-refractivity contribution in [1.82, 2.24) is 5.32 Å². The Morgan fingerprint density at radius 3 is 2.85 bits per heavy atom. The van der Waals surface area contributed by atoms with E-state index in [1.54, 1.807) is 0 Å². The normalized spacial score (nSPS) is 17.1. The third-order valence-electron chi connectivity index (χ3n) is 4.52. The molecule has 0 radical (unpaired) electrons. The lowest BCUT2D eigenvalue weighted by atomic mass is 9.87. The first-order valence-electron chi connectivity index (χ1n) is 8.53. The van der Waals surface area contributed by atoms with Crippen molar-refractivity contribution >= 4 is 23.5 Å². The first-order valence-corrected chi connectivity index (χ1v) is 8.91. The zero-order valence-corrected chi connectivity index (χ0v) is 15.1. The lowest BCUT2D eigenvalue weighted by molar-refractivity contribution is -0.130. The number of benzene rings is 2. The van der Waals surface area contributed by atoms with Gasteiger partial charge in [-0.3, -0.25) is 4.79 Å². The highest BCUT2D eigenvalue weighted by atomic mass is 35.5. The Balaban J connectivity index is 1.65. The third-order valence-corrected chi connectivity index (χ3v) is 4.75. The van der Waals surface area contributed by atoms with Crippen molar-refractivity contribution in [2.45, 2.75) is 38.3 Å². The minimum absolute atomic E-state index is 0.0693. The molecule has 2 atom stereocenters. The molecule has 2 aromatic carbocycles. The Hall–Kier alpha value is -2.53. The first kappa shape index (κ1) is 18.3. The van der Waals surface area contributed by atoms with Gasteiger partial charge < -0.3 is 15.2 Å². The lowest BCUT2D eigenvalue weighted by Gasteiger charge is -2.27. The molecule has 0 aromatic heterocycles. The summed E-state index contributed by atoms with van der Waals surface area (Å²) in [5.41, 5.74) is 2.27. The maximum absolute atomic E-state index is 12.5. The summed E-state index contributed by atoms with van der Waals surface area (Å²) >= 11 is 5.84. The fourth-order valence-electron chi connectivity index (χ4n) is 3.14. The van der Waals surface area contributed by atoms with Crippen molar-refractivity contribution in [2.75, 3.05) is 0 Å². The summed E-state index contributed by atoms with van der Waals surface area (Å²) in [6.07, 6.45) is 1.85. The molecular weight excluding hydrogens is 354 g/mol. The molecular formula is C20H20ClNO4. The number of carbonyl (C=O) groups excluding carboxylic acids is 2. The molecule has 1 aliphatic carbocycles. The maximum Gasteiger partial charge on any atom is 0.342 e. The number of halogens is 1. The van der Waals surface area contributed by atoms with E-state index in [0.29, 0.717) is 5.02 Å². The highest BCUT2D eigenvalue weighted by Crippen LogP contribution is 2.29. The Labute approximate surface area is 156 Å². The molecule has 0 spiro atoms. The average molecular weight is 374 g/mol. The molecule has 2 N–H and O–H groups in total. The van der Waals surface area contributed by atoms with Crippen LogP contribution in [0.5, 0.6) is 5.75 Å². The van der Waals surface area contributed by atoms with Gasteiger partial charge >= 0.3 is 5.97 Å². The fraction of sp³-hybridized carbons (Fsp3) is 0.300. The summed E-state index contributed by atoms with van der Waals surface area (Å²) < 4.78 is 5.19. The fourth-order valence-corrected chi connectivity index (χ4v) is 3.31. The molecule has 0 saturated carbocycles. The monoisotopic (exact) mass is 373 g/mol. The summed E-state index contributed by atoms with van der Waals surface area (Å²) in [5.74, 6) is -1.41. The molecule has 26 heavy (non-hydrogen) atoms. The Kier molecular flexibility index (Phi) is 5.47. The lowest BCUT2D eigenvalue weighted by Crippen LogP contribution is -2.39. The molecule has 0 aliphatic heterocycles. The predicted molar refractivity (Wildman–Crippen MR) is 98.3 cm³/mol. The third kappa shape index (κ3) is 3.99. The second-order valence-electron chi connectivity index (χ2n) is 6.36. The number of amides is 1. The number of fused-ring (bicyclic) bond motifs is 1. The number of hydrogen-bond donors (Lipinski definition) is 2. The van der Waals surface area contributed by atoms with Gasteiger partial charge in [0.25, 0.3) is 5.91 Å². The van der Waals surface area contributed by atoms with E-state index in [0.717, 1.165) is 24.8 Å². The highest BCUT2D eigenvalue weighted by Gasteiger charge is 2.26. The van der Waals surface area contributed by atoms with Crippen LogP contribution in [-0.2, 0) is 16.0 Å². The zero-order valence-electron chi connectivity index (χ0n) is 14.4. The van der Waals surface area contributed by atoms with E-state index in [1.165, 1.54) is 30.7 Å².